The highest BCUT2D eigenvalue weighted by Gasteiger charge is 2.04. The standard InChI is InChI=1S/C13H20N4O/c1-10(2)16-13(14-3)15-9-12(18)17-11-7-5-4-6-8-11/h4-8,10H,9H2,1-3H3,(H,17,18)(H2,14,15,16). The number of carbonyl (C=O) groups is 1. The van der Waals surface area contributed by atoms with E-state index in [9.17, 15) is 4.79 Å². The number of hydrogen-bond donors (Lipinski definition) is 3. The van der Waals surface area contributed by atoms with E-state index in [0.29, 0.717) is 5.96 Å². The van der Waals surface area contributed by atoms with Gasteiger partial charge in [-0.05, 0) is 26.0 Å². The zero-order valence-electron chi connectivity index (χ0n) is 11.0. The third kappa shape index (κ3) is 5.34. The Morgan fingerprint density at radius 1 is 1.28 bits per heavy atom. The lowest BCUT2D eigenvalue weighted by Crippen LogP contribution is -2.44. The fraction of sp³-hybridized carbons (Fsp3) is 0.385. The molecule has 0 fully saturated rings. The van der Waals surface area contributed by atoms with E-state index in [1.807, 2.05) is 44.2 Å². The fourth-order valence-electron chi connectivity index (χ4n) is 1.36. The number of nitrogens with zero attached hydrogens (tertiary/aromatic N) is 1. The summed E-state index contributed by atoms with van der Waals surface area (Å²) in [6.45, 7) is 4.20. The van der Waals surface area contributed by atoms with Gasteiger partial charge in [0.1, 0.15) is 0 Å². The molecule has 0 heterocycles. The second-order valence-corrected chi connectivity index (χ2v) is 4.14. The van der Waals surface area contributed by atoms with Gasteiger partial charge in [-0.1, -0.05) is 18.2 Å². The SMILES string of the molecule is CN=C(NCC(=O)Nc1ccccc1)NC(C)C. The molecular formula is C13H20N4O. The van der Waals surface area contributed by atoms with Crippen molar-refractivity contribution in [2.45, 2.75) is 19.9 Å². The quantitative estimate of drug-likeness (QED) is 0.554. The number of rotatable bonds is 4. The lowest BCUT2D eigenvalue weighted by atomic mass is 10.3. The average molecular weight is 248 g/mol. The van der Waals surface area contributed by atoms with E-state index in [2.05, 4.69) is 20.9 Å². The smallest absolute Gasteiger partial charge is 0.243 e. The van der Waals surface area contributed by atoms with Crippen molar-refractivity contribution in [1.29, 1.82) is 0 Å². The minimum Gasteiger partial charge on any atom is -0.354 e. The van der Waals surface area contributed by atoms with Crippen LogP contribution < -0.4 is 16.0 Å². The number of nitrogens with one attached hydrogen (secondary N) is 3. The number of para-hydroxylation sites is 1. The highest BCUT2D eigenvalue weighted by molar-refractivity contribution is 5.94. The maximum atomic E-state index is 11.7. The first-order valence-electron chi connectivity index (χ1n) is 5.94. The summed E-state index contributed by atoms with van der Waals surface area (Å²) in [4.78, 5) is 15.7. The first-order chi connectivity index (χ1) is 8.61. The molecule has 0 aliphatic carbocycles. The highest BCUT2D eigenvalue weighted by atomic mass is 16.1. The molecule has 1 rings (SSSR count). The van der Waals surface area contributed by atoms with Crippen molar-refractivity contribution >= 4 is 17.6 Å². The molecular weight excluding hydrogens is 228 g/mol. The van der Waals surface area contributed by atoms with Crippen LogP contribution >= 0.6 is 0 Å². The zero-order valence-corrected chi connectivity index (χ0v) is 11.0. The Balaban J connectivity index is 2.37. The maximum absolute atomic E-state index is 11.7. The third-order valence-electron chi connectivity index (χ3n) is 2.12. The topological polar surface area (TPSA) is 65.5 Å². The van der Waals surface area contributed by atoms with Crippen molar-refractivity contribution in [3.05, 3.63) is 30.3 Å². The van der Waals surface area contributed by atoms with Crippen LogP contribution in [0.4, 0.5) is 5.69 Å². The highest BCUT2D eigenvalue weighted by Crippen LogP contribution is 2.03. The molecule has 1 aromatic carbocycles. The van der Waals surface area contributed by atoms with Crippen molar-refractivity contribution < 1.29 is 4.79 Å². The maximum Gasteiger partial charge on any atom is 0.243 e. The van der Waals surface area contributed by atoms with Crippen molar-refractivity contribution in [1.82, 2.24) is 10.6 Å². The van der Waals surface area contributed by atoms with Gasteiger partial charge in [0.15, 0.2) is 5.96 Å². The van der Waals surface area contributed by atoms with Crippen LogP contribution in [-0.2, 0) is 4.79 Å². The molecule has 0 saturated carbocycles. The van der Waals surface area contributed by atoms with Crippen LogP contribution in [0.25, 0.3) is 0 Å². The first-order valence-corrected chi connectivity index (χ1v) is 5.94. The lowest BCUT2D eigenvalue weighted by Gasteiger charge is -2.14. The van der Waals surface area contributed by atoms with Crippen LogP contribution in [0, 0.1) is 0 Å². The van der Waals surface area contributed by atoms with Crippen molar-refractivity contribution in [3.8, 4) is 0 Å². The molecule has 98 valence electrons. The second kappa shape index (κ2) is 7.32. The molecule has 0 aliphatic rings. The second-order valence-electron chi connectivity index (χ2n) is 4.14. The Hall–Kier alpha value is -2.04. The van der Waals surface area contributed by atoms with Gasteiger partial charge in [-0.25, -0.2) is 0 Å². The summed E-state index contributed by atoms with van der Waals surface area (Å²) in [5, 5.41) is 8.85. The van der Waals surface area contributed by atoms with E-state index in [1.54, 1.807) is 7.05 Å². The van der Waals surface area contributed by atoms with Gasteiger partial charge in [0.25, 0.3) is 0 Å². The van der Waals surface area contributed by atoms with Gasteiger partial charge in [0.05, 0.1) is 6.54 Å². The monoisotopic (exact) mass is 248 g/mol. The number of hydrogen-bond acceptors (Lipinski definition) is 2. The number of carbonyl (C=O) groups excluding carboxylic acids is 1. The number of aliphatic imine (C=N–C) groups is 1. The third-order valence-corrected chi connectivity index (χ3v) is 2.12. The number of amides is 1. The summed E-state index contributed by atoms with van der Waals surface area (Å²) in [6, 6.07) is 9.62. The first kappa shape index (κ1) is 14.0. The molecule has 0 aromatic heterocycles. The Morgan fingerprint density at radius 3 is 2.50 bits per heavy atom. The Kier molecular flexibility index (Phi) is 5.70. The molecule has 0 unspecified atom stereocenters. The minimum atomic E-state index is -0.104. The van der Waals surface area contributed by atoms with Gasteiger partial charge in [-0.3, -0.25) is 9.79 Å². The Morgan fingerprint density at radius 2 is 1.94 bits per heavy atom. The van der Waals surface area contributed by atoms with Gasteiger partial charge in [0.2, 0.25) is 5.91 Å². The van der Waals surface area contributed by atoms with Crippen LogP contribution in [0.5, 0.6) is 0 Å². The summed E-state index contributed by atoms with van der Waals surface area (Å²) in [5.41, 5.74) is 0.788. The number of anilines is 1. The summed E-state index contributed by atoms with van der Waals surface area (Å²) < 4.78 is 0. The van der Waals surface area contributed by atoms with E-state index in [-0.39, 0.29) is 18.5 Å². The zero-order chi connectivity index (χ0) is 13.4. The van der Waals surface area contributed by atoms with Crippen LogP contribution in [0.2, 0.25) is 0 Å². The molecule has 0 radical (unpaired) electrons. The van der Waals surface area contributed by atoms with Crippen molar-refractivity contribution in [2.24, 2.45) is 4.99 Å². The summed E-state index contributed by atoms with van der Waals surface area (Å²) in [5.74, 6) is 0.515. The molecule has 1 amide bonds. The van der Waals surface area contributed by atoms with Gasteiger partial charge in [-0.2, -0.15) is 0 Å². The number of benzene rings is 1. The molecule has 3 N–H and O–H groups in total. The minimum absolute atomic E-state index is 0.104. The number of guanidine groups is 1. The van der Waals surface area contributed by atoms with E-state index in [4.69, 9.17) is 0 Å². The molecule has 1 aromatic rings. The largest absolute Gasteiger partial charge is 0.354 e. The molecule has 5 heteroatoms. The van der Waals surface area contributed by atoms with Crippen LogP contribution in [0.15, 0.2) is 35.3 Å². The van der Waals surface area contributed by atoms with Gasteiger partial charge >= 0.3 is 0 Å². The van der Waals surface area contributed by atoms with E-state index in [0.717, 1.165) is 5.69 Å². The fourth-order valence-corrected chi connectivity index (χ4v) is 1.36. The Labute approximate surface area is 108 Å². The summed E-state index contributed by atoms with van der Waals surface area (Å²) in [7, 11) is 1.67. The van der Waals surface area contributed by atoms with E-state index in [1.165, 1.54) is 0 Å². The molecule has 0 spiro atoms. The normalized spacial score (nSPS) is 11.2. The Bertz CT molecular complexity index is 401. The van der Waals surface area contributed by atoms with Crippen LogP contribution in [0.3, 0.4) is 0 Å². The lowest BCUT2D eigenvalue weighted by molar-refractivity contribution is -0.115. The average Bonchev–Trinajstić information content (AvgIpc) is 2.35. The predicted octanol–water partition coefficient (Wildman–Crippen LogP) is 1.20. The van der Waals surface area contributed by atoms with E-state index >= 15 is 0 Å². The molecule has 0 saturated heterocycles. The van der Waals surface area contributed by atoms with Crippen molar-refractivity contribution in [3.63, 3.8) is 0 Å². The van der Waals surface area contributed by atoms with Crippen molar-refractivity contribution in [2.75, 3.05) is 18.9 Å². The van der Waals surface area contributed by atoms with E-state index < -0.39 is 0 Å². The van der Waals surface area contributed by atoms with Crippen LogP contribution in [0.1, 0.15) is 13.8 Å². The molecule has 0 bridgehead atoms. The van der Waals surface area contributed by atoms with Gasteiger partial charge in [-0.15, -0.1) is 0 Å². The predicted molar refractivity (Wildman–Crippen MR) is 74.7 cm³/mol. The van der Waals surface area contributed by atoms with Gasteiger partial charge < -0.3 is 16.0 Å². The molecule has 18 heavy (non-hydrogen) atoms. The van der Waals surface area contributed by atoms with Gasteiger partial charge in [0, 0.05) is 18.8 Å². The molecule has 0 aliphatic heterocycles. The molecule has 5 nitrogen and oxygen atoms in total. The summed E-state index contributed by atoms with van der Waals surface area (Å²) >= 11 is 0. The molecule has 0 atom stereocenters. The van der Waals surface area contributed by atoms with Crippen LogP contribution in [-0.4, -0.2) is 31.5 Å². The summed E-state index contributed by atoms with van der Waals surface area (Å²) in [6.07, 6.45) is 0.